The van der Waals surface area contributed by atoms with Crippen molar-refractivity contribution in [2.24, 2.45) is 5.92 Å². The molecule has 2 aromatic rings. The van der Waals surface area contributed by atoms with E-state index in [9.17, 15) is 9.59 Å². The van der Waals surface area contributed by atoms with Gasteiger partial charge in [0.2, 0.25) is 0 Å². The van der Waals surface area contributed by atoms with Crippen LogP contribution < -0.4 is 10.6 Å². The van der Waals surface area contributed by atoms with Gasteiger partial charge in [-0.05, 0) is 55.9 Å². The second-order valence-corrected chi connectivity index (χ2v) is 6.83. The Balaban J connectivity index is 1.70. The molecule has 3 rings (SSSR count). The first kappa shape index (κ1) is 16.7. The molecule has 2 N–H and O–H groups in total. The van der Waals surface area contributed by atoms with Gasteiger partial charge in [0.05, 0.1) is 11.8 Å². The van der Waals surface area contributed by atoms with Crippen molar-refractivity contribution in [3.05, 3.63) is 41.2 Å². The number of carbonyl (C=O) groups is 2. The molecule has 2 amide bonds. The van der Waals surface area contributed by atoms with E-state index < -0.39 is 0 Å². The van der Waals surface area contributed by atoms with Crippen LogP contribution in [0.15, 0.2) is 34.3 Å². The first-order chi connectivity index (χ1) is 11.7. The number of thiophene rings is 1. The van der Waals surface area contributed by atoms with Crippen LogP contribution in [0, 0.1) is 5.92 Å². The number of furan rings is 1. The highest BCUT2D eigenvalue weighted by atomic mass is 32.1. The molecule has 3 heterocycles. The van der Waals surface area contributed by atoms with Gasteiger partial charge in [-0.15, -0.1) is 11.3 Å². The summed E-state index contributed by atoms with van der Waals surface area (Å²) in [5.41, 5.74) is 0.546. The van der Waals surface area contributed by atoms with E-state index in [2.05, 4.69) is 10.6 Å². The second kappa shape index (κ2) is 7.63. The number of amides is 2. The molecule has 1 aliphatic heterocycles. The van der Waals surface area contributed by atoms with Gasteiger partial charge in [0.15, 0.2) is 5.76 Å². The lowest BCUT2D eigenvalue weighted by Gasteiger charge is -2.32. The number of carbonyl (C=O) groups excluding carboxylic acids is 2. The number of nitrogens with one attached hydrogen (secondary N) is 2. The molecule has 0 bridgehead atoms. The van der Waals surface area contributed by atoms with Crippen molar-refractivity contribution in [2.75, 3.05) is 32.0 Å². The summed E-state index contributed by atoms with van der Waals surface area (Å²) in [6.45, 7) is 2.43. The summed E-state index contributed by atoms with van der Waals surface area (Å²) in [4.78, 5) is 26.9. The first-order valence-corrected chi connectivity index (χ1v) is 8.93. The van der Waals surface area contributed by atoms with Crippen molar-refractivity contribution >= 4 is 28.2 Å². The minimum Gasteiger partial charge on any atom is -0.459 e. The third-order valence-corrected chi connectivity index (χ3v) is 5.00. The van der Waals surface area contributed by atoms with Gasteiger partial charge >= 0.3 is 0 Å². The van der Waals surface area contributed by atoms with Gasteiger partial charge in [0, 0.05) is 13.1 Å². The monoisotopic (exact) mass is 347 g/mol. The summed E-state index contributed by atoms with van der Waals surface area (Å²) in [5, 5.41) is 8.34. The van der Waals surface area contributed by atoms with Crippen LogP contribution in [-0.2, 0) is 0 Å². The van der Waals surface area contributed by atoms with E-state index in [0.29, 0.717) is 16.5 Å². The van der Waals surface area contributed by atoms with Gasteiger partial charge < -0.3 is 20.0 Å². The van der Waals surface area contributed by atoms with Crippen LogP contribution in [0.4, 0.5) is 5.00 Å². The number of hydrogen-bond donors (Lipinski definition) is 2. The van der Waals surface area contributed by atoms with Gasteiger partial charge in [-0.3, -0.25) is 9.59 Å². The van der Waals surface area contributed by atoms with Gasteiger partial charge in [-0.25, -0.2) is 0 Å². The molecule has 0 radical (unpaired) electrons. The van der Waals surface area contributed by atoms with E-state index in [1.54, 1.807) is 18.2 Å². The van der Waals surface area contributed by atoms with Crippen molar-refractivity contribution in [1.82, 2.24) is 10.2 Å². The minimum absolute atomic E-state index is 0.0215. The van der Waals surface area contributed by atoms with Gasteiger partial charge in [-0.2, -0.15) is 0 Å². The lowest BCUT2D eigenvalue weighted by atomic mass is 9.97. The summed E-state index contributed by atoms with van der Waals surface area (Å²) in [7, 11) is 1.93. The Hall–Kier alpha value is -2.12. The zero-order chi connectivity index (χ0) is 16.9. The number of anilines is 1. The Morgan fingerprint density at radius 3 is 3.04 bits per heavy atom. The fourth-order valence-electron chi connectivity index (χ4n) is 3.02. The van der Waals surface area contributed by atoms with Crippen molar-refractivity contribution in [3.8, 4) is 0 Å². The molecule has 128 valence electrons. The lowest BCUT2D eigenvalue weighted by molar-refractivity contribution is 0.0676. The average Bonchev–Trinajstić information content (AvgIpc) is 3.26. The van der Waals surface area contributed by atoms with Crippen molar-refractivity contribution in [3.63, 3.8) is 0 Å². The van der Waals surface area contributed by atoms with Crippen LogP contribution in [0.5, 0.6) is 0 Å². The Kier molecular flexibility index (Phi) is 5.32. The molecule has 0 aliphatic carbocycles. The molecule has 1 saturated heterocycles. The molecule has 0 saturated carbocycles. The molecule has 1 aliphatic rings. The number of nitrogens with zero attached hydrogens (tertiary/aromatic N) is 1. The Bertz CT molecular complexity index is 694. The highest BCUT2D eigenvalue weighted by Gasteiger charge is 2.26. The van der Waals surface area contributed by atoms with Crippen molar-refractivity contribution in [1.29, 1.82) is 0 Å². The number of piperidine rings is 1. The molecule has 6 nitrogen and oxygen atoms in total. The van der Waals surface area contributed by atoms with Gasteiger partial charge in [0.1, 0.15) is 5.00 Å². The Labute approximate surface area is 144 Å². The standard InChI is InChI=1S/C17H21N3O3S/c1-18-10-12-4-2-7-20(11-12)17(22)13-6-9-24-16(13)19-15(21)14-5-3-8-23-14/h3,5-6,8-9,12,18H,2,4,7,10-11H2,1H3,(H,19,21). The third kappa shape index (κ3) is 3.68. The predicted molar refractivity (Wildman–Crippen MR) is 93.5 cm³/mol. The zero-order valence-electron chi connectivity index (χ0n) is 13.6. The predicted octanol–water partition coefficient (Wildman–Crippen LogP) is 2.67. The summed E-state index contributed by atoms with van der Waals surface area (Å²) in [6, 6.07) is 5.02. The van der Waals surface area contributed by atoms with Gasteiger partial charge in [-0.1, -0.05) is 0 Å². The maximum absolute atomic E-state index is 12.8. The van der Waals surface area contributed by atoms with E-state index in [4.69, 9.17) is 4.42 Å². The molecule has 0 aromatic carbocycles. The van der Waals surface area contributed by atoms with Crippen LogP contribution in [0.2, 0.25) is 0 Å². The molecule has 1 fully saturated rings. The lowest BCUT2D eigenvalue weighted by Crippen LogP contribution is -2.42. The van der Waals surface area contributed by atoms with Crippen LogP contribution >= 0.6 is 11.3 Å². The van der Waals surface area contributed by atoms with Crippen LogP contribution in [0.1, 0.15) is 33.8 Å². The molecular formula is C17H21N3O3S. The minimum atomic E-state index is -0.344. The van der Waals surface area contributed by atoms with E-state index in [1.807, 2.05) is 17.3 Å². The summed E-state index contributed by atoms with van der Waals surface area (Å²) in [6.07, 6.45) is 3.59. The topological polar surface area (TPSA) is 74.6 Å². The summed E-state index contributed by atoms with van der Waals surface area (Å²) in [5.74, 6) is 0.344. The second-order valence-electron chi connectivity index (χ2n) is 5.91. The van der Waals surface area contributed by atoms with E-state index >= 15 is 0 Å². The fraction of sp³-hybridized carbons (Fsp3) is 0.412. The third-order valence-electron chi connectivity index (χ3n) is 4.17. The molecule has 24 heavy (non-hydrogen) atoms. The SMILES string of the molecule is CNCC1CCCN(C(=O)c2ccsc2NC(=O)c2ccco2)C1. The van der Waals surface area contributed by atoms with Crippen LogP contribution in [0.25, 0.3) is 0 Å². The number of hydrogen-bond acceptors (Lipinski definition) is 5. The quantitative estimate of drug-likeness (QED) is 0.872. The Morgan fingerprint density at radius 1 is 1.42 bits per heavy atom. The summed E-state index contributed by atoms with van der Waals surface area (Å²) >= 11 is 1.35. The fourth-order valence-corrected chi connectivity index (χ4v) is 3.80. The molecule has 0 spiro atoms. The highest BCUT2D eigenvalue weighted by molar-refractivity contribution is 7.14. The smallest absolute Gasteiger partial charge is 0.291 e. The molecule has 7 heteroatoms. The maximum Gasteiger partial charge on any atom is 0.291 e. The van der Waals surface area contributed by atoms with Crippen molar-refractivity contribution in [2.45, 2.75) is 12.8 Å². The largest absolute Gasteiger partial charge is 0.459 e. The molecule has 2 aromatic heterocycles. The molecule has 1 unspecified atom stereocenters. The maximum atomic E-state index is 12.8. The Morgan fingerprint density at radius 2 is 2.29 bits per heavy atom. The van der Waals surface area contributed by atoms with E-state index in [1.165, 1.54) is 17.6 Å². The van der Waals surface area contributed by atoms with Gasteiger partial charge in [0.25, 0.3) is 11.8 Å². The van der Waals surface area contributed by atoms with Crippen LogP contribution in [0.3, 0.4) is 0 Å². The zero-order valence-corrected chi connectivity index (χ0v) is 14.4. The van der Waals surface area contributed by atoms with E-state index in [0.717, 1.165) is 32.5 Å². The van der Waals surface area contributed by atoms with Crippen molar-refractivity contribution < 1.29 is 14.0 Å². The molecule has 1 atom stereocenters. The summed E-state index contributed by atoms with van der Waals surface area (Å²) < 4.78 is 5.09. The molecular weight excluding hydrogens is 326 g/mol. The number of rotatable bonds is 5. The normalized spacial score (nSPS) is 17.7. The first-order valence-electron chi connectivity index (χ1n) is 8.05. The number of likely N-dealkylation sites (tertiary alicyclic amines) is 1. The van der Waals surface area contributed by atoms with E-state index in [-0.39, 0.29) is 17.6 Å². The van der Waals surface area contributed by atoms with Crippen LogP contribution in [-0.4, -0.2) is 43.4 Å². The highest BCUT2D eigenvalue weighted by Crippen LogP contribution is 2.27. The average molecular weight is 347 g/mol.